The minimum absolute atomic E-state index is 0.290. The highest BCUT2D eigenvalue weighted by Gasteiger charge is 2.54. The molecule has 0 saturated carbocycles. The number of halogens is 2. The second-order valence-corrected chi connectivity index (χ2v) is 17.3. The van der Waals surface area contributed by atoms with Crippen molar-refractivity contribution in [2.75, 3.05) is 13.2 Å². The van der Waals surface area contributed by atoms with Gasteiger partial charge in [-0.15, -0.1) is 0 Å². The number of thiol groups is 2. The molecule has 48 heavy (non-hydrogen) atoms. The Balaban J connectivity index is 1.21. The first kappa shape index (κ1) is 32.8. The third-order valence-corrected chi connectivity index (χ3v) is 11.8. The summed E-state index contributed by atoms with van der Waals surface area (Å²) in [5, 5.41) is 0. The molecule has 22 heteroatoms. The van der Waals surface area contributed by atoms with Gasteiger partial charge in [-0.1, -0.05) is 36.6 Å². The molecule has 9 rings (SSSR count). The van der Waals surface area contributed by atoms with E-state index in [2.05, 4.69) is 54.4 Å². The zero-order valence-electron chi connectivity index (χ0n) is 24.7. The molecular weight excluding hydrogens is 716 g/mol. The Morgan fingerprint density at radius 1 is 0.688 bits per heavy atom. The van der Waals surface area contributed by atoms with E-state index < -0.39 is 76.0 Å². The Morgan fingerprint density at radius 2 is 1.12 bits per heavy atom. The molecule has 0 radical (unpaired) electrons. The second-order valence-electron chi connectivity index (χ2n) is 11.5. The van der Waals surface area contributed by atoms with Crippen molar-refractivity contribution in [3.63, 3.8) is 0 Å². The lowest BCUT2D eigenvalue weighted by molar-refractivity contribution is -0.0544. The SMILES string of the molecule is O=[P@@]1(S)OCC2O[C@@H]3[C@H](F)[C@@H]2O[P@](=O)(S)OC[C@H]2OC([C@H](F)[C@@H]2O1)n1cnc2c(ncnc21)CC/C=C/CCc1ncnc2c1ncn23. The van der Waals surface area contributed by atoms with Gasteiger partial charge in [0.15, 0.2) is 36.1 Å². The Bertz CT molecular complexity index is 1850. The smallest absolute Gasteiger partial charge is 0.346 e. The first-order valence-electron chi connectivity index (χ1n) is 15.0. The van der Waals surface area contributed by atoms with Crippen molar-refractivity contribution in [1.29, 1.82) is 0 Å². The Hall–Kier alpha value is -2.38. The van der Waals surface area contributed by atoms with E-state index in [-0.39, 0.29) is 0 Å². The van der Waals surface area contributed by atoms with Gasteiger partial charge in [0.1, 0.15) is 48.1 Å². The number of ether oxygens (including phenoxy) is 2. The summed E-state index contributed by atoms with van der Waals surface area (Å²) in [5.41, 5.74) is 2.75. The zero-order valence-corrected chi connectivity index (χ0v) is 28.3. The fourth-order valence-corrected chi connectivity index (χ4v) is 9.24. The summed E-state index contributed by atoms with van der Waals surface area (Å²) in [6, 6.07) is 0. The minimum Gasteiger partial charge on any atom is -0.346 e. The molecule has 256 valence electrons. The van der Waals surface area contributed by atoms with Crippen LogP contribution in [-0.4, -0.2) is 89.0 Å². The molecule has 0 spiro atoms. The van der Waals surface area contributed by atoms with Crippen LogP contribution in [-0.2, 0) is 49.5 Å². The molecule has 0 aliphatic carbocycles. The molecule has 9 heterocycles. The van der Waals surface area contributed by atoms with Crippen LogP contribution in [0.2, 0.25) is 0 Å². The van der Waals surface area contributed by atoms with E-state index in [9.17, 15) is 9.13 Å². The van der Waals surface area contributed by atoms with Gasteiger partial charge in [0.25, 0.3) is 0 Å². The molecule has 14 bridgehead atoms. The molecule has 0 aromatic carbocycles. The maximum absolute atomic E-state index is 16.2. The van der Waals surface area contributed by atoms with Crippen molar-refractivity contribution in [2.45, 2.75) is 74.9 Å². The first-order valence-corrected chi connectivity index (χ1v) is 20.4. The quantitative estimate of drug-likeness (QED) is 0.147. The van der Waals surface area contributed by atoms with Gasteiger partial charge < -0.3 is 9.47 Å². The normalized spacial score (nSPS) is 38.3. The van der Waals surface area contributed by atoms with Crippen LogP contribution in [0.3, 0.4) is 0 Å². The molecule has 16 nitrogen and oxygen atoms in total. The van der Waals surface area contributed by atoms with E-state index in [1.807, 2.05) is 12.2 Å². The van der Waals surface area contributed by atoms with Crippen LogP contribution in [0.5, 0.6) is 0 Å². The summed E-state index contributed by atoms with van der Waals surface area (Å²) in [7, 11) is 0. The van der Waals surface area contributed by atoms with Crippen LogP contribution < -0.4 is 0 Å². The minimum atomic E-state index is -4.37. The van der Waals surface area contributed by atoms with E-state index in [0.29, 0.717) is 59.4 Å². The third-order valence-electron chi connectivity index (χ3n) is 8.53. The van der Waals surface area contributed by atoms with Crippen LogP contribution in [0.15, 0.2) is 37.5 Å². The standard InChI is InChI=1S/C26H28F2N8O8P2S2/c27-17-21-15-7-39-46(38,48)44-22-16(8-40-45(37,47)43-21)42-26(18(22)28)36-12-34-20-14(30-10-32-24(20)36)6-4-2-1-3-5-13-19-23(31-9-29-13)35(11-33-19)25(17)41-15/h1-2,9-12,15-18,21-22,25-26H,3-8H2,(H,37,47)(H,38,48)/b2-1+/t15-,16?,17-,18-,21-,22-,25?,26-,45-,46-/m1/s1. The van der Waals surface area contributed by atoms with Crippen LogP contribution in [0.1, 0.15) is 36.7 Å². The number of aromatic nitrogens is 8. The van der Waals surface area contributed by atoms with Crippen LogP contribution in [0.25, 0.3) is 22.3 Å². The average molecular weight is 745 g/mol. The molecule has 5 aliphatic rings. The number of rotatable bonds is 0. The lowest BCUT2D eigenvalue weighted by Crippen LogP contribution is -2.36. The largest absolute Gasteiger partial charge is 0.386 e. The summed E-state index contributed by atoms with van der Waals surface area (Å²) in [5.74, 6) is 0. The van der Waals surface area contributed by atoms with E-state index in [0.717, 1.165) is 0 Å². The molecule has 3 saturated heterocycles. The summed E-state index contributed by atoms with van der Waals surface area (Å²) >= 11 is 8.13. The van der Waals surface area contributed by atoms with E-state index in [1.54, 1.807) is 0 Å². The molecule has 10 atom stereocenters. The lowest BCUT2D eigenvalue weighted by Gasteiger charge is -2.28. The van der Waals surface area contributed by atoms with Crippen molar-refractivity contribution in [1.82, 2.24) is 39.0 Å². The molecule has 4 aromatic heterocycles. The van der Waals surface area contributed by atoms with Gasteiger partial charge in [-0.2, -0.15) is 0 Å². The number of alkyl halides is 2. The Kier molecular flexibility index (Phi) is 8.71. The molecule has 0 N–H and O–H groups in total. The number of fused-ring (bicyclic) bond motifs is 10. The highest BCUT2D eigenvalue weighted by atomic mass is 32.7. The predicted molar refractivity (Wildman–Crippen MR) is 169 cm³/mol. The highest BCUT2D eigenvalue weighted by Crippen LogP contribution is 2.60. The monoisotopic (exact) mass is 744 g/mol. The van der Waals surface area contributed by atoms with Gasteiger partial charge >= 0.3 is 13.6 Å². The van der Waals surface area contributed by atoms with Crippen molar-refractivity contribution in [3.05, 3.63) is 48.8 Å². The molecule has 4 aromatic rings. The van der Waals surface area contributed by atoms with Crippen molar-refractivity contribution >= 4 is 60.4 Å². The number of aryl methyl sites for hydroxylation is 2. The van der Waals surface area contributed by atoms with Crippen molar-refractivity contribution < 1.29 is 45.5 Å². The first-order chi connectivity index (χ1) is 23.1. The molecule has 5 aliphatic heterocycles. The fourth-order valence-electron chi connectivity index (χ4n) is 6.27. The molecule has 2 unspecified atom stereocenters. The second kappa shape index (κ2) is 12.7. The van der Waals surface area contributed by atoms with Gasteiger partial charge in [-0.25, -0.2) is 47.8 Å². The summed E-state index contributed by atoms with van der Waals surface area (Å²) in [6.45, 7) is -9.95. The average Bonchev–Trinajstić information content (AvgIpc) is 3.81. The highest BCUT2D eigenvalue weighted by molar-refractivity contribution is 8.44. The zero-order chi connectivity index (χ0) is 33.2. The summed E-state index contributed by atoms with van der Waals surface area (Å²) in [6.07, 6.45) is -0.789. The Morgan fingerprint density at radius 3 is 1.56 bits per heavy atom. The maximum Gasteiger partial charge on any atom is 0.386 e. The number of hydrogen-bond acceptors (Lipinski definition) is 14. The van der Waals surface area contributed by atoms with Crippen LogP contribution in [0.4, 0.5) is 8.78 Å². The van der Waals surface area contributed by atoms with Crippen molar-refractivity contribution in [3.8, 4) is 0 Å². The van der Waals surface area contributed by atoms with Gasteiger partial charge in [0.2, 0.25) is 0 Å². The molecule has 0 amide bonds. The van der Waals surface area contributed by atoms with Crippen molar-refractivity contribution in [2.24, 2.45) is 0 Å². The lowest BCUT2D eigenvalue weighted by atomic mass is 10.1. The van der Waals surface area contributed by atoms with E-state index >= 15 is 8.78 Å². The molecule has 3 fully saturated rings. The number of nitrogens with zero attached hydrogens (tertiary/aromatic N) is 8. The van der Waals surface area contributed by atoms with Crippen LogP contribution >= 0.6 is 38.1 Å². The fraction of sp³-hybridized carbons (Fsp3) is 0.538. The van der Waals surface area contributed by atoms with Crippen LogP contribution in [0, 0.1) is 0 Å². The van der Waals surface area contributed by atoms with Gasteiger partial charge in [0, 0.05) is 0 Å². The summed E-state index contributed by atoms with van der Waals surface area (Å²) in [4.78, 5) is 26.2. The van der Waals surface area contributed by atoms with E-state index in [1.165, 1.54) is 34.4 Å². The molecular formula is C26H28F2N8O8P2S2. The Labute approximate surface area is 281 Å². The topological polar surface area (TPSA) is 177 Å². The van der Waals surface area contributed by atoms with Gasteiger partial charge in [0.05, 0.1) is 37.3 Å². The van der Waals surface area contributed by atoms with Gasteiger partial charge in [-0.3, -0.25) is 27.2 Å². The third kappa shape index (κ3) is 6.03. The van der Waals surface area contributed by atoms with E-state index in [4.69, 9.17) is 27.6 Å². The number of hydrogen-bond donors (Lipinski definition) is 2. The van der Waals surface area contributed by atoms with Gasteiger partial charge in [-0.05, 0) is 25.7 Å². The number of allylic oxidation sites excluding steroid dienone is 2. The summed E-state index contributed by atoms with van der Waals surface area (Å²) < 4.78 is 96.3. The predicted octanol–water partition coefficient (Wildman–Crippen LogP) is 4.47. The number of imidazole rings is 2. The maximum atomic E-state index is 16.2.